The normalized spacial score (nSPS) is 23.0. The van der Waals surface area contributed by atoms with Crippen molar-refractivity contribution in [1.82, 2.24) is 9.80 Å². The van der Waals surface area contributed by atoms with Crippen molar-refractivity contribution < 1.29 is 19.1 Å². The van der Waals surface area contributed by atoms with Crippen LogP contribution in [-0.2, 0) is 14.3 Å². The predicted octanol–water partition coefficient (Wildman–Crippen LogP) is 2.79. The van der Waals surface area contributed by atoms with E-state index in [0.29, 0.717) is 42.7 Å². The van der Waals surface area contributed by atoms with Crippen molar-refractivity contribution in [3.8, 4) is 5.75 Å². The van der Waals surface area contributed by atoms with Crippen LogP contribution < -0.4 is 4.74 Å². The van der Waals surface area contributed by atoms with E-state index < -0.39 is 0 Å². The summed E-state index contributed by atoms with van der Waals surface area (Å²) in [5, 5.41) is 0. The Morgan fingerprint density at radius 1 is 1.00 bits per heavy atom. The molecule has 0 spiro atoms. The number of piperidine rings is 1. The number of nitrogens with zero attached hydrogens (tertiary/aromatic N) is 2. The van der Waals surface area contributed by atoms with Crippen molar-refractivity contribution in [2.45, 2.75) is 26.7 Å². The van der Waals surface area contributed by atoms with Crippen molar-refractivity contribution in [2.75, 3.05) is 40.5 Å². The van der Waals surface area contributed by atoms with Gasteiger partial charge in [0.1, 0.15) is 11.4 Å². The number of benzene rings is 1. The molecule has 0 N–H and O–H groups in total. The Labute approximate surface area is 167 Å². The molecule has 152 valence electrons. The minimum atomic E-state index is -0.216. The lowest BCUT2D eigenvalue weighted by atomic mass is 9.91. The number of hydrogen-bond donors (Lipinski definition) is 0. The fourth-order valence-corrected chi connectivity index (χ4v) is 4.29. The average molecular weight is 386 g/mol. The average Bonchev–Trinajstić information content (AvgIpc) is 2.92. The standard InChI is InChI=1S/C22H30N2O4/c1-15-12-16(2)14-23(13-15)20-19(17-6-8-18(28-4)9-7-17)21(25)24(22(20)26)10-5-11-27-3/h6-9,15-16H,5,10-14H2,1-4H3. The first-order valence-corrected chi connectivity index (χ1v) is 9.95. The van der Waals surface area contributed by atoms with Crippen LogP contribution in [0.5, 0.6) is 5.75 Å². The summed E-state index contributed by atoms with van der Waals surface area (Å²) in [5.74, 6) is 1.29. The number of carbonyl (C=O) groups is 2. The van der Waals surface area contributed by atoms with E-state index in [1.165, 1.54) is 4.90 Å². The molecule has 3 rings (SSSR count). The molecule has 2 atom stereocenters. The molecule has 2 unspecified atom stereocenters. The van der Waals surface area contributed by atoms with Crippen molar-refractivity contribution in [3.05, 3.63) is 35.5 Å². The van der Waals surface area contributed by atoms with Crippen LogP contribution in [0.2, 0.25) is 0 Å². The van der Waals surface area contributed by atoms with Gasteiger partial charge in [-0.05, 0) is 42.4 Å². The van der Waals surface area contributed by atoms with Gasteiger partial charge in [0.05, 0.1) is 12.7 Å². The zero-order valence-electron chi connectivity index (χ0n) is 17.2. The Kier molecular flexibility index (Phi) is 6.39. The summed E-state index contributed by atoms with van der Waals surface area (Å²) in [7, 11) is 3.23. The molecular formula is C22H30N2O4. The minimum Gasteiger partial charge on any atom is -0.497 e. The Morgan fingerprint density at radius 3 is 2.21 bits per heavy atom. The zero-order valence-corrected chi connectivity index (χ0v) is 17.2. The van der Waals surface area contributed by atoms with Gasteiger partial charge in [0.15, 0.2) is 0 Å². The third-order valence-corrected chi connectivity index (χ3v) is 5.44. The van der Waals surface area contributed by atoms with Crippen LogP contribution in [0.4, 0.5) is 0 Å². The highest BCUT2D eigenvalue weighted by atomic mass is 16.5. The largest absolute Gasteiger partial charge is 0.497 e. The van der Waals surface area contributed by atoms with Crippen molar-refractivity contribution in [3.63, 3.8) is 0 Å². The summed E-state index contributed by atoms with van der Waals surface area (Å²) in [5.41, 5.74) is 1.81. The molecule has 0 aliphatic carbocycles. The number of methoxy groups -OCH3 is 2. The van der Waals surface area contributed by atoms with Gasteiger partial charge in [-0.3, -0.25) is 14.5 Å². The molecule has 1 fully saturated rings. The first kappa shape index (κ1) is 20.4. The minimum absolute atomic E-state index is 0.187. The first-order valence-electron chi connectivity index (χ1n) is 9.95. The van der Waals surface area contributed by atoms with Crippen molar-refractivity contribution >= 4 is 17.4 Å². The lowest BCUT2D eigenvalue weighted by Gasteiger charge is -2.37. The van der Waals surface area contributed by atoms with E-state index in [1.807, 2.05) is 24.3 Å². The van der Waals surface area contributed by atoms with Gasteiger partial charge in [-0.2, -0.15) is 0 Å². The van der Waals surface area contributed by atoms with Gasteiger partial charge in [0, 0.05) is 33.4 Å². The number of likely N-dealkylation sites (tertiary alicyclic amines) is 1. The van der Waals surface area contributed by atoms with Crippen LogP contribution in [0.1, 0.15) is 32.3 Å². The third-order valence-electron chi connectivity index (χ3n) is 5.44. The smallest absolute Gasteiger partial charge is 0.277 e. The second-order valence-corrected chi connectivity index (χ2v) is 7.91. The van der Waals surface area contributed by atoms with Gasteiger partial charge in [-0.25, -0.2) is 0 Å². The fraction of sp³-hybridized carbons (Fsp3) is 0.545. The molecule has 2 amide bonds. The van der Waals surface area contributed by atoms with E-state index >= 15 is 0 Å². The van der Waals surface area contributed by atoms with E-state index in [2.05, 4.69) is 18.7 Å². The van der Waals surface area contributed by atoms with Crippen LogP contribution in [0.3, 0.4) is 0 Å². The summed E-state index contributed by atoms with van der Waals surface area (Å²) in [6.45, 7) is 6.88. The summed E-state index contributed by atoms with van der Waals surface area (Å²) < 4.78 is 10.3. The lowest BCUT2D eigenvalue weighted by Crippen LogP contribution is -2.42. The number of imide groups is 1. The molecule has 6 nitrogen and oxygen atoms in total. The second kappa shape index (κ2) is 8.78. The SMILES string of the molecule is COCCCN1C(=O)C(c2ccc(OC)cc2)=C(N2CC(C)CC(C)C2)C1=O. The number of amides is 2. The summed E-state index contributed by atoms with van der Waals surface area (Å²) in [6.07, 6.45) is 1.77. The predicted molar refractivity (Wildman–Crippen MR) is 108 cm³/mol. The zero-order chi connectivity index (χ0) is 20.3. The molecule has 28 heavy (non-hydrogen) atoms. The Bertz CT molecular complexity index is 746. The van der Waals surface area contributed by atoms with Crippen molar-refractivity contribution in [1.29, 1.82) is 0 Å². The van der Waals surface area contributed by atoms with Crippen LogP contribution in [-0.4, -0.2) is 62.1 Å². The molecule has 1 aromatic carbocycles. The maximum absolute atomic E-state index is 13.3. The summed E-state index contributed by atoms with van der Waals surface area (Å²) in [4.78, 5) is 30.0. The number of carbonyl (C=O) groups excluding carboxylic acids is 2. The van der Waals surface area contributed by atoms with Crippen LogP contribution in [0.15, 0.2) is 30.0 Å². The topological polar surface area (TPSA) is 59.1 Å². The highest BCUT2D eigenvalue weighted by Crippen LogP contribution is 2.35. The van der Waals surface area contributed by atoms with Gasteiger partial charge < -0.3 is 14.4 Å². The second-order valence-electron chi connectivity index (χ2n) is 7.91. The van der Waals surface area contributed by atoms with Crippen LogP contribution in [0.25, 0.3) is 5.57 Å². The molecule has 1 aromatic rings. The van der Waals surface area contributed by atoms with E-state index in [0.717, 1.165) is 30.8 Å². The van der Waals surface area contributed by atoms with Gasteiger partial charge >= 0.3 is 0 Å². The van der Waals surface area contributed by atoms with Gasteiger partial charge in [0.25, 0.3) is 11.8 Å². The highest BCUT2D eigenvalue weighted by molar-refractivity contribution is 6.35. The van der Waals surface area contributed by atoms with Crippen LogP contribution in [0, 0.1) is 11.8 Å². The number of ether oxygens (including phenoxy) is 2. The molecule has 2 aliphatic rings. The Hall–Kier alpha value is -2.34. The van der Waals surface area contributed by atoms with Crippen molar-refractivity contribution in [2.24, 2.45) is 11.8 Å². The van der Waals surface area contributed by atoms with Crippen LogP contribution >= 0.6 is 0 Å². The molecule has 6 heteroatoms. The fourth-order valence-electron chi connectivity index (χ4n) is 4.29. The van der Waals surface area contributed by atoms with Gasteiger partial charge in [0.2, 0.25) is 0 Å². The third kappa shape index (κ3) is 4.07. The molecule has 0 aromatic heterocycles. The maximum atomic E-state index is 13.3. The molecule has 2 heterocycles. The quantitative estimate of drug-likeness (QED) is 0.533. The van der Waals surface area contributed by atoms with E-state index in [4.69, 9.17) is 9.47 Å². The van der Waals surface area contributed by atoms with E-state index in [1.54, 1.807) is 14.2 Å². The lowest BCUT2D eigenvalue weighted by molar-refractivity contribution is -0.137. The van der Waals surface area contributed by atoms with Gasteiger partial charge in [-0.15, -0.1) is 0 Å². The number of rotatable bonds is 7. The molecule has 0 bridgehead atoms. The molecule has 0 saturated carbocycles. The monoisotopic (exact) mass is 386 g/mol. The maximum Gasteiger partial charge on any atom is 0.277 e. The van der Waals surface area contributed by atoms with E-state index in [-0.39, 0.29) is 11.8 Å². The Morgan fingerprint density at radius 2 is 1.64 bits per heavy atom. The first-order chi connectivity index (χ1) is 13.5. The van der Waals surface area contributed by atoms with Gasteiger partial charge in [-0.1, -0.05) is 26.0 Å². The molecule has 0 radical (unpaired) electrons. The number of hydrogen-bond acceptors (Lipinski definition) is 5. The highest BCUT2D eigenvalue weighted by Gasteiger charge is 2.42. The van der Waals surface area contributed by atoms with E-state index in [9.17, 15) is 9.59 Å². The Balaban J connectivity index is 1.99. The summed E-state index contributed by atoms with van der Waals surface area (Å²) >= 11 is 0. The molecule has 2 aliphatic heterocycles. The molecular weight excluding hydrogens is 356 g/mol. The molecule has 1 saturated heterocycles. The summed E-state index contributed by atoms with van der Waals surface area (Å²) in [6, 6.07) is 7.36.